The number of nitrogens with zero attached hydrogens (tertiary/aromatic N) is 2. The first-order chi connectivity index (χ1) is 15.5. The number of carbonyl (C=O) groups is 2. The first-order valence-corrected chi connectivity index (χ1v) is 10.5. The molecule has 1 aliphatic heterocycles. The predicted molar refractivity (Wildman–Crippen MR) is 117 cm³/mol. The van der Waals surface area contributed by atoms with Crippen molar-refractivity contribution in [3.63, 3.8) is 0 Å². The van der Waals surface area contributed by atoms with Gasteiger partial charge in [-0.25, -0.2) is 4.98 Å². The number of carbonyl (C=O) groups excluding carboxylic acids is 2. The van der Waals surface area contributed by atoms with Crippen LogP contribution in [0.25, 0.3) is 11.3 Å². The SMILES string of the molecule is CCOc1cccc(C(=O)N2C[C@H](O)C[C@H]2C(=O)NCc2ccc(-c3cnco3)cc2)c1. The van der Waals surface area contributed by atoms with Crippen LogP contribution in [0.2, 0.25) is 0 Å². The van der Waals surface area contributed by atoms with E-state index in [2.05, 4.69) is 10.3 Å². The van der Waals surface area contributed by atoms with Gasteiger partial charge >= 0.3 is 0 Å². The summed E-state index contributed by atoms with van der Waals surface area (Å²) in [4.78, 5) is 31.3. The number of rotatable bonds is 7. The lowest BCUT2D eigenvalue weighted by Crippen LogP contribution is -2.45. The van der Waals surface area contributed by atoms with E-state index in [1.165, 1.54) is 11.3 Å². The fraction of sp³-hybridized carbons (Fsp3) is 0.292. The van der Waals surface area contributed by atoms with Crippen LogP contribution in [0.15, 0.2) is 65.5 Å². The quantitative estimate of drug-likeness (QED) is 0.591. The van der Waals surface area contributed by atoms with E-state index >= 15 is 0 Å². The average Bonchev–Trinajstić information content (AvgIpc) is 3.48. The van der Waals surface area contributed by atoms with Crippen LogP contribution in [0.1, 0.15) is 29.3 Å². The summed E-state index contributed by atoms with van der Waals surface area (Å²) < 4.78 is 10.7. The van der Waals surface area contributed by atoms with E-state index in [0.29, 0.717) is 30.2 Å². The van der Waals surface area contributed by atoms with E-state index in [1.54, 1.807) is 30.5 Å². The molecule has 0 aliphatic carbocycles. The van der Waals surface area contributed by atoms with E-state index in [-0.39, 0.29) is 24.8 Å². The van der Waals surface area contributed by atoms with Gasteiger partial charge in [-0.3, -0.25) is 9.59 Å². The summed E-state index contributed by atoms with van der Waals surface area (Å²) in [6, 6.07) is 13.7. The summed E-state index contributed by atoms with van der Waals surface area (Å²) >= 11 is 0. The number of aliphatic hydroxyl groups excluding tert-OH is 1. The van der Waals surface area contributed by atoms with Crippen LogP contribution < -0.4 is 10.1 Å². The molecule has 2 heterocycles. The zero-order valence-electron chi connectivity index (χ0n) is 17.7. The minimum absolute atomic E-state index is 0.113. The van der Waals surface area contributed by atoms with Gasteiger partial charge in [-0.1, -0.05) is 30.3 Å². The molecule has 2 N–H and O–H groups in total. The fourth-order valence-electron chi connectivity index (χ4n) is 3.79. The van der Waals surface area contributed by atoms with Crippen LogP contribution in [0, 0.1) is 0 Å². The van der Waals surface area contributed by atoms with Crippen LogP contribution in [0.3, 0.4) is 0 Å². The molecule has 0 unspecified atom stereocenters. The van der Waals surface area contributed by atoms with Crippen LogP contribution in [0.4, 0.5) is 0 Å². The number of hydrogen-bond acceptors (Lipinski definition) is 6. The number of oxazole rings is 1. The standard InChI is InChI=1S/C24H25N3O5/c1-2-31-20-5-3-4-18(10-20)24(30)27-14-19(28)11-21(27)23(29)26-12-16-6-8-17(9-7-16)22-13-25-15-32-22/h3-10,13,15,19,21,28H,2,11-12,14H2,1H3,(H,26,29)/t19-,21+/m1/s1. The Bertz CT molecular complexity index is 1070. The molecule has 166 valence electrons. The lowest BCUT2D eigenvalue weighted by Gasteiger charge is -2.24. The Hall–Kier alpha value is -3.65. The molecule has 1 aromatic heterocycles. The van der Waals surface area contributed by atoms with E-state index in [0.717, 1.165) is 11.1 Å². The number of likely N-dealkylation sites (tertiary alicyclic amines) is 1. The Labute approximate surface area is 185 Å². The van der Waals surface area contributed by atoms with Crippen molar-refractivity contribution in [1.82, 2.24) is 15.2 Å². The summed E-state index contributed by atoms with van der Waals surface area (Å²) in [5, 5.41) is 13.0. The molecule has 0 saturated carbocycles. The summed E-state index contributed by atoms with van der Waals surface area (Å²) in [6.45, 7) is 2.78. The van der Waals surface area contributed by atoms with Gasteiger partial charge in [0, 0.05) is 30.6 Å². The highest BCUT2D eigenvalue weighted by atomic mass is 16.5. The minimum atomic E-state index is -0.744. The first-order valence-electron chi connectivity index (χ1n) is 10.5. The molecule has 1 fully saturated rings. The molecule has 1 saturated heterocycles. The number of ether oxygens (including phenoxy) is 1. The van der Waals surface area contributed by atoms with Crippen molar-refractivity contribution in [1.29, 1.82) is 0 Å². The third-order valence-corrected chi connectivity index (χ3v) is 5.37. The van der Waals surface area contributed by atoms with Gasteiger partial charge in [-0.15, -0.1) is 0 Å². The second-order valence-electron chi connectivity index (χ2n) is 7.60. The summed E-state index contributed by atoms with van der Waals surface area (Å²) in [6.07, 6.45) is 2.47. The Morgan fingerprint density at radius 2 is 2.06 bits per heavy atom. The number of nitrogens with one attached hydrogen (secondary N) is 1. The maximum Gasteiger partial charge on any atom is 0.254 e. The van der Waals surface area contributed by atoms with Gasteiger partial charge in [0.15, 0.2) is 12.2 Å². The zero-order chi connectivity index (χ0) is 22.5. The average molecular weight is 435 g/mol. The van der Waals surface area contributed by atoms with Gasteiger partial charge in [0.1, 0.15) is 11.8 Å². The summed E-state index contributed by atoms with van der Waals surface area (Å²) in [7, 11) is 0. The molecule has 2 atom stereocenters. The lowest BCUT2D eigenvalue weighted by atomic mass is 10.1. The molecule has 2 aromatic carbocycles. The number of hydrogen-bond donors (Lipinski definition) is 2. The number of aliphatic hydroxyl groups is 1. The van der Waals surface area contributed by atoms with Crippen LogP contribution in [-0.2, 0) is 11.3 Å². The third kappa shape index (κ3) is 4.81. The number of amides is 2. The third-order valence-electron chi connectivity index (χ3n) is 5.37. The Morgan fingerprint density at radius 3 is 2.78 bits per heavy atom. The van der Waals surface area contributed by atoms with E-state index in [1.807, 2.05) is 31.2 Å². The zero-order valence-corrected chi connectivity index (χ0v) is 17.7. The molecule has 3 aromatic rings. The summed E-state index contributed by atoms with van der Waals surface area (Å²) in [5.41, 5.74) is 2.22. The van der Waals surface area contributed by atoms with Crippen molar-refractivity contribution in [3.05, 3.63) is 72.2 Å². The molecular formula is C24H25N3O5. The van der Waals surface area contributed by atoms with Gasteiger partial charge < -0.3 is 24.5 Å². The van der Waals surface area contributed by atoms with Crippen molar-refractivity contribution < 1.29 is 23.8 Å². The van der Waals surface area contributed by atoms with Crippen molar-refractivity contribution >= 4 is 11.8 Å². The van der Waals surface area contributed by atoms with Gasteiger partial charge in [0.25, 0.3) is 5.91 Å². The largest absolute Gasteiger partial charge is 0.494 e. The van der Waals surface area contributed by atoms with Crippen molar-refractivity contribution in [2.75, 3.05) is 13.2 Å². The van der Waals surface area contributed by atoms with E-state index in [9.17, 15) is 14.7 Å². The van der Waals surface area contributed by atoms with Crippen LogP contribution in [0.5, 0.6) is 5.75 Å². The van der Waals surface area contributed by atoms with E-state index in [4.69, 9.17) is 9.15 Å². The lowest BCUT2D eigenvalue weighted by molar-refractivity contribution is -0.125. The molecule has 0 spiro atoms. The Morgan fingerprint density at radius 1 is 1.25 bits per heavy atom. The van der Waals surface area contributed by atoms with Crippen LogP contribution >= 0.6 is 0 Å². The normalized spacial score (nSPS) is 17.9. The van der Waals surface area contributed by atoms with Crippen LogP contribution in [-0.4, -0.2) is 52.1 Å². The Balaban J connectivity index is 1.40. The number of β-amino-alcohol motifs (C(OH)–C–C–N with tert-alkyl or cyclic N) is 1. The minimum Gasteiger partial charge on any atom is -0.494 e. The van der Waals surface area contributed by atoms with Gasteiger partial charge in [-0.2, -0.15) is 0 Å². The highest BCUT2D eigenvalue weighted by molar-refractivity contribution is 5.98. The van der Waals surface area contributed by atoms with E-state index < -0.39 is 12.1 Å². The molecule has 0 radical (unpaired) electrons. The second kappa shape index (κ2) is 9.65. The molecule has 32 heavy (non-hydrogen) atoms. The fourth-order valence-corrected chi connectivity index (χ4v) is 3.79. The highest BCUT2D eigenvalue weighted by Gasteiger charge is 2.39. The number of aromatic nitrogens is 1. The maximum atomic E-state index is 13.1. The highest BCUT2D eigenvalue weighted by Crippen LogP contribution is 2.23. The Kier molecular flexibility index (Phi) is 6.51. The molecule has 8 heteroatoms. The summed E-state index contributed by atoms with van der Waals surface area (Å²) in [5.74, 6) is 0.658. The molecule has 0 bridgehead atoms. The maximum absolute atomic E-state index is 13.1. The van der Waals surface area contributed by atoms with Crippen molar-refractivity contribution in [2.45, 2.75) is 32.0 Å². The number of benzene rings is 2. The van der Waals surface area contributed by atoms with Gasteiger partial charge in [0.2, 0.25) is 5.91 Å². The topological polar surface area (TPSA) is 105 Å². The second-order valence-corrected chi connectivity index (χ2v) is 7.60. The monoisotopic (exact) mass is 435 g/mol. The first kappa shape index (κ1) is 21.6. The molecule has 8 nitrogen and oxygen atoms in total. The molecule has 1 aliphatic rings. The van der Waals surface area contributed by atoms with Crippen molar-refractivity contribution in [3.8, 4) is 17.1 Å². The molecule has 2 amide bonds. The van der Waals surface area contributed by atoms with Crippen molar-refractivity contribution in [2.24, 2.45) is 0 Å². The molecular weight excluding hydrogens is 410 g/mol. The smallest absolute Gasteiger partial charge is 0.254 e. The van der Waals surface area contributed by atoms with Gasteiger partial charge in [0.05, 0.1) is 18.9 Å². The predicted octanol–water partition coefficient (Wildman–Crippen LogP) is 2.63. The van der Waals surface area contributed by atoms with Gasteiger partial charge in [-0.05, 0) is 30.7 Å². The molecule has 4 rings (SSSR count).